The van der Waals surface area contributed by atoms with Gasteiger partial charge in [-0.15, -0.1) is 0 Å². The van der Waals surface area contributed by atoms with Gasteiger partial charge >= 0.3 is 0 Å². The Morgan fingerprint density at radius 1 is 0.824 bits per heavy atom. The van der Waals surface area contributed by atoms with Crippen molar-refractivity contribution in [2.24, 2.45) is 5.92 Å². The van der Waals surface area contributed by atoms with Gasteiger partial charge in [0.1, 0.15) is 11.9 Å². The molecule has 2 aliphatic carbocycles. The number of rotatable bonds is 6. The molecule has 1 amide bonds. The van der Waals surface area contributed by atoms with Crippen molar-refractivity contribution in [3.05, 3.63) is 30.5 Å². The lowest BCUT2D eigenvalue weighted by Gasteiger charge is -2.41. The second-order valence-electron chi connectivity index (χ2n) is 11.3. The molecule has 34 heavy (non-hydrogen) atoms. The van der Waals surface area contributed by atoms with Crippen LogP contribution in [-0.4, -0.2) is 58.6 Å². The Morgan fingerprint density at radius 2 is 1.59 bits per heavy atom. The number of amides is 1. The Balaban J connectivity index is 1.03. The van der Waals surface area contributed by atoms with Crippen LogP contribution >= 0.6 is 0 Å². The standard InChI is InChI=1S/C29H41N3O2/c33-29(20-22-4-1-2-5-22)31-15-11-25(12-16-31)32-19-10-23-21-27(8-9-28(23)32)34-26-13-17-30(18-14-26)24-6-3-7-24/h8-10,19,21-22,24-26H,1-7,11-18,20H2. The average Bonchev–Trinajstić information content (AvgIpc) is 3.49. The lowest BCUT2D eigenvalue weighted by Crippen LogP contribution is -2.46. The number of hydrogen-bond donors (Lipinski definition) is 0. The minimum absolute atomic E-state index is 0.349. The van der Waals surface area contributed by atoms with Crippen LogP contribution in [0.25, 0.3) is 10.9 Å². The van der Waals surface area contributed by atoms with Gasteiger partial charge in [0.2, 0.25) is 5.91 Å². The summed E-state index contributed by atoms with van der Waals surface area (Å²) >= 11 is 0. The van der Waals surface area contributed by atoms with Gasteiger partial charge in [0, 0.05) is 61.8 Å². The molecule has 1 aromatic carbocycles. The third-order valence-electron chi connectivity index (χ3n) is 9.21. The molecule has 5 nitrogen and oxygen atoms in total. The predicted octanol–water partition coefficient (Wildman–Crippen LogP) is 5.78. The van der Waals surface area contributed by atoms with E-state index in [2.05, 4.69) is 44.8 Å². The van der Waals surface area contributed by atoms with Gasteiger partial charge in [0.25, 0.3) is 0 Å². The number of likely N-dealkylation sites (tertiary alicyclic amines) is 2. The molecule has 2 aliphatic heterocycles. The van der Waals surface area contributed by atoms with E-state index in [-0.39, 0.29) is 0 Å². The van der Waals surface area contributed by atoms with Crippen LogP contribution in [0.15, 0.2) is 30.5 Å². The summed E-state index contributed by atoms with van der Waals surface area (Å²) in [4.78, 5) is 17.5. The first kappa shape index (κ1) is 22.5. The number of nitrogens with zero attached hydrogens (tertiary/aromatic N) is 3. The second kappa shape index (κ2) is 9.93. The number of aromatic nitrogens is 1. The van der Waals surface area contributed by atoms with E-state index >= 15 is 0 Å². The number of carbonyl (C=O) groups excluding carboxylic acids is 1. The molecule has 184 valence electrons. The molecule has 0 atom stereocenters. The molecule has 2 aromatic rings. The summed E-state index contributed by atoms with van der Waals surface area (Å²) in [5.74, 6) is 2.05. The zero-order valence-electron chi connectivity index (χ0n) is 20.7. The molecule has 0 radical (unpaired) electrons. The van der Waals surface area contributed by atoms with Crippen molar-refractivity contribution in [2.75, 3.05) is 26.2 Å². The van der Waals surface area contributed by atoms with Gasteiger partial charge in [-0.2, -0.15) is 0 Å². The molecule has 0 spiro atoms. The summed E-state index contributed by atoms with van der Waals surface area (Å²) in [5, 5.41) is 1.27. The molecule has 0 unspecified atom stereocenters. The Morgan fingerprint density at radius 3 is 2.29 bits per heavy atom. The maximum atomic E-state index is 12.7. The van der Waals surface area contributed by atoms with Gasteiger partial charge in [-0.05, 0) is 81.5 Å². The molecular weight excluding hydrogens is 422 g/mol. The highest BCUT2D eigenvalue weighted by atomic mass is 16.5. The van der Waals surface area contributed by atoms with Gasteiger partial charge in [0.05, 0.1) is 0 Å². The molecule has 3 heterocycles. The highest BCUT2D eigenvalue weighted by molar-refractivity contribution is 5.82. The fourth-order valence-electron chi connectivity index (χ4n) is 6.82. The first-order valence-electron chi connectivity index (χ1n) is 14.0. The van der Waals surface area contributed by atoms with Crippen LogP contribution in [0.4, 0.5) is 0 Å². The van der Waals surface area contributed by atoms with Crippen molar-refractivity contribution in [1.29, 1.82) is 0 Å². The Labute approximate surface area is 204 Å². The van der Waals surface area contributed by atoms with Crippen molar-refractivity contribution in [2.45, 2.75) is 95.2 Å². The van der Waals surface area contributed by atoms with Crippen LogP contribution in [0, 0.1) is 5.92 Å². The summed E-state index contributed by atoms with van der Waals surface area (Å²) < 4.78 is 8.85. The highest BCUT2D eigenvalue weighted by Crippen LogP contribution is 2.33. The summed E-state index contributed by atoms with van der Waals surface area (Å²) in [6, 6.07) is 10.2. The van der Waals surface area contributed by atoms with Crippen LogP contribution in [-0.2, 0) is 4.79 Å². The lowest BCUT2D eigenvalue weighted by molar-refractivity contribution is -0.133. The van der Waals surface area contributed by atoms with Crippen molar-refractivity contribution in [1.82, 2.24) is 14.4 Å². The van der Waals surface area contributed by atoms with Crippen LogP contribution in [0.3, 0.4) is 0 Å². The van der Waals surface area contributed by atoms with Gasteiger partial charge in [-0.25, -0.2) is 0 Å². The molecule has 4 aliphatic rings. The van der Waals surface area contributed by atoms with E-state index < -0.39 is 0 Å². The van der Waals surface area contributed by atoms with E-state index in [1.807, 2.05) is 0 Å². The van der Waals surface area contributed by atoms with E-state index in [0.717, 1.165) is 57.0 Å². The van der Waals surface area contributed by atoms with E-state index in [1.165, 1.54) is 68.9 Å². The van der Waals surface area contributed by atoms with Gasteiger partial charge in [0.15, 0.2) is 0 Å². The molecule has 5 heteroatoms. The zero-order chi connectivity index (χ0) is 22.9. The Kier molecular flexibility index (Phi) is 6.56. The van der Waals surface area contributed by atoms with Crippen molar-refractivity contribution in [3.8, 4) is 5.75 Å². The second-order valence-corrected chi connectivity index (χ2v) is 11.3. The summed E-state index contributed by atoms with van der Waals surface area (Å²) in [7, 11) is 0. The van der Waals surface area contributed by atoms with E-state index in [1.54, 1.807) is 0 Å². The Hall–Kier alpha value is -2.01. The number of ether oxygens (including phenoxy) is 1. The van der Waals surface area contributed by atoms with Crippen LogP contribution < -0.4 is 4.74 Å². The number of benzene rings is 1. The number of fused-ring (bicyclic) bond motifs is 1. The SMILES string of the molecule is O=C(CC1CCCC1)N1CCC(n2ccc3cc(OC4CCN(C5CCC5)CC4)ccc32)CC1. The molecule has 0 bridgehead atoms. The molecule has 1 aromatic heterocycles. The molecular formula is C29H41N3O2. The lowest BCUT2D eigenvalue weighted by atomic mass is 9.90. The molecule has 6 rings (SSSR count). The maximum absolute atomic E-state index is 12.7. The van der Waals surface area contributed by atoms with Crippen molar-refractivity contribution < 1.29 is 9.53 Å². The summed E-state index contributed by atoms with van der Waals surface area (Å²) in [5.41, 5.74) is 1.29. The normalized spacial score (nSPS) is 24.1. The number of piperidine rings is 2. The summed E-state index contributed by atoms with van der Waals surface area (Å²) in [6.07, 6.45) is 17.1. The Bertz CT molecular complexity index is 974. The monoisotopic (exact) mass is 463 g/mol. The predicted molar refractivity (Wildman–Crippen MR) is 136 cm³/mol. The molecule has 2 saturated heterocycles. The first-order chi connectivity index (χ1) is 16.7. The third kappa shape index (κ3) is 4.73. The van der Waals surface area contributed by atoms with Gasteiger partial charge in [-0.1, -0.05) is 19.3 Å². The quantitative estimate of drug-likeness (QED) is 0.545. The fraction of sp³-hybridized carbons (Fsp3) is 0.690. The van der Waals surface area contributed by atoms with E-state index in [9.17, 15) is 4.79 Å². The van der Waals surface area contributed by atoms with Crippen molar-refractivity contribution in [3.63, 3.8) is 0 Å². The first-order valence-corrected chi connectivity index (χ1v) is 14.0. The molecule has 4 fully saturated rings. The molecule has 2 saturated carbocycles. The number of carbonyl (C=O) groups is 1. The third-order valence-corrected chi connectivity index (χ3v) is 9.21. The van der Waals surface area contributed by atoms with Crippen LogP contribution in [0.5, 0.6) is 5.75 Å². The summed E-state index contributed by atoms with van der Waals surface area (Å²) in [6.45, 7) is 4.18. The minimum Gasteiger partial charge on any atom is -0.490 e. The molecule has 0 N–H and O–H groups in total. The van der Waals surface area contributed by atoms with E-state index in [4.69, 9.17) is 4.74 Å². The average molecular weight is 464 g/mol. The van der Waals surface area contributed by atoms with Gasteiger partial charge in [-0.3, -0.25) is 4.79 Å². The van der Waals surface area contributed by atoms with Gasteiger partial charge < -0.3 is 19.1 Å². The van der Waals surface area contributed by atoms with Crippen LogP contribution in [0.1, 0.15) is 83.1 Å². The van der Waals surface area contributed by atoms with Crippen molar-refractivity contribution >= 4 is 16.8 Å². The van der Waals surface area contributed by atoms with E-state index in [0.29, 0.717) is 24.0 Å². The topological polar surface area (TPSA) is 37.7 Å². The maximum Gasteiger partial charge on any atom is 0.222 e. The zero-order valence-corrected chi connectivity index (χ0v) is 20.7. The largest absolute Gasteiger partial charge is 0.490 e. The minimum atomic E-state index is 0.349. The van der Waals surface area contributed by atoms with Crippen LogP contribution in [0.2, 0.25) is 0 Å². The highest BCUT2D eigenvalue weighted by Gasteiger charge is 2.30. The fourth-order valence-corrected chi connectivity index (χ4v) is 6.82. The number of hydrogen-bond acceptors (Lipinski definition) is 3. The smallest absolute Gasteiger partial charge is 0.222 e.